The maximum Gasteiger partial charge on any atom is 0.222 e. The Morgan fingerprint density at radius 1 is 1.16 bits per heavy atom. The Bertz CT molecular complexity index is 1020. The summed E-state index contributed by atoms with van der Waals surface area (Å²) in [5.41, 5.74) is 2.73. The van der Waals surface area contributed by atoms with Crippen LogP contribution >= 0.6 is 0 Å². The van der Waals surface area contributed by atoms with E-state index in [9.17, 15) is 9.50 Å². The molecule has 1 atom stereocenters. The predicted molar refractivity (Wildman–Crippen MR) is 124 cm³/mol. The van der Waals surface area contributed by atoms with Crippen LogP contribution in [0.4, 0.5) is 4.39 Å². The van der Waals surface area contributed by atoms with Crippen molar-refractivity contribution in [2.45, 2.75) is 57.7 Å². The van der Waals surface area contributed by atoms with Crippen molar-refractivity contribution in [3.05, 3.63) is 66.0 Å². The van der Waals surface area contributed by atoms with Gasteiger partial charge in [0.25, 0.3) is 0 Å². The molecule has 1 N–H and O–H groups in total. The third-order valence-electron chi connectivity index (χ3n) is 5.94. The molecule has 0 bridgehead atoms. The average molecular weight is 438 g/mol. The first-order chi connectivity index (χ1) is 15.6. The number of hydrogen-bond acceptors (Lipinski definition) is 4. The number of aliphatic hydroxyl groups excluding tert-OH is 1. The summed E-state index contributed by atoms with van der Waals surface area (Å²) in [6.45, 7) is 3.35. The van der Waals surface area contributed by atoms with Crippen LogP contribution in [0.25, 0.3) is 11.3 Å². The minimum atomic E-state index is -0.407. The standard InChI is InChI=1S/C26H32FN3O2/c1-3-4-12-21(31)17-30(20-15-16-20)18-22-25(19-10-6-5-7-11-19)28-29(2)26(22)32-24-14-9-8-13-23(24)27/h5-11,13-14,20-21,31H,3-4,12,15-18H2,1-2H3/t21-/m1/s1. The van der Waals surface area contributed by atoms with E-state index in [-0.39, 0.29) is 11.9 Å². The molecule has 0 aliphatic heterocycles. The first kappa shape index (κ1) is 22.5. The molecule has 5 nitrogen and oxygen atoms in total. The monoisotopic (exact) mass is 437 g/mol. The van der Waals surface area contributed by atoms with Gasteiger partial charge in [-0.2, -0.15) is 5.10 Å². The number of hydrogen-bond donors (Lipinski definition) is 1. The van der Waals surface area contributed by atoms with Crippen molar-refractivity contribution in [3.63, 3.8) is 0 Å². The van der Waals surface area contributed by atoms with Crippen LogP contribution in [-0.4, -0.2) is 38.5 Å². The zero-order chi connectivity index (χ0) is 22.5. The molecule has 0 spiro atoms. The molecular weight excluding hydrogens is 405 g/mol. The van der Waals surface area contributed by atoms with Crippen LogP contribution < -0.4 is 4.74 Å². The number of aromatic nitrogens is 2. The van der Waals surface area contributed by atoms with Gasteiger partial charge in [-0.1, -0.05) is 62.2 Å². The van der Waals surface area contributed by atoms with Crippen LogP contribution in [0.1, 0.15) is 44.6 Å². The fraction of sp³-hybridized carbons (Fsp3) is 0.423. The van der Waals surface area contributed by atoms with Crippen molar-refractivity contribution in [2.75, 3.05) is 6.54 Å². The Labute approximate surface area is 189 Å². The molecule has 1 heterocycles. The Kier molecular flexibility index (Phi) is 7.22. The lowest BCUT2D eigenvalue weighted by Gasteiger charge is -2.25. The van der Waals surface area contributed by atoms with E-state index in [1.165, 1.54) is 6.07 Å². The van der Waals surface area contributed by atoms with Gasteiger partial charge in [0.1, 0.15) is 5.69 Å². The molecule has 0 unspecified atom stereocenters. The molecule has 170 valence electrons. The molecule has 1 fully saturated rings. The molecule has 1 aliphatic rings. The second-order valence-electron chi connectivity index (χ2n) is 8.61. The molecule has 6 heteroatoms. The third kappa shape index (κ3) is 5.37. The second-order valence-corrected chi connectivity index (χ2v) is 8.61. The number of para-hydroxylation sites is 1. The molecule has 2 aromatic carbocycles. The van der Waals surface area contributed by atoms with Crippen molar-refractivity contribution in [3.8, 4) is 22.9 Å². The van der Waals surface area contributed by atoms with E-state index in [1.54, 1.807) is 22.9 Å². The Morgan fingerprint density at radius 3 is 2.56 bits per heavy atom. The van der Waals surface area contributed by atoms with Gasteiger partial charge in [0.15, 0.2) is 11.6 Å². The maximum absolute atomic E-state index is 14.4. The van der Waals surface area contributed by atoms with Crippen molar-refractivity contribution in [1.82, 2.24) is 14.7 Å². The lowest BCUT2D eigenvalue weighted by molar-refractivity contribution is 0.0950. The lowest BCUT2D eigenvalue weighted by Crippen LogP contribution is -2.34. The van der Waals surface area contributed by atoms with E-state index in [2.05, 4.69) is 11.8 Å². The highest BCUT2D eigenvalue weighted by molar-refractivity contribution is 5.65. The van der Waals surface area contributed by atoms with E-state index in [0.29, 0.717) is 25.0 Å². The zero-order valence-electron chi connectivity index (χ0n) is 18.9. The van der Waals surface area contributed by atoms with Crippen molar-refractivity contribution < 1.29 is 14.2 Å². The van der Waals surface area contributed by atoms with Gasteiger partial charge in [-0.25, -0.2) is 9.07 Å². The molecule has 0 amide bonds. The first-order valence-corrected chi connectivity index (χ1v) is 11.5. The van der Waals surface area contributed by atoms with Crippen molar-refractivity contribution in [1.29, 1.82) is 0 Å². The minimum absolute atomic E-state index is 0.178. The number of aryl methyl sites for hydroxylation is 1. The van der Waals surface area contributed by atoms with Gasteiger partial charge in [0.2, 0.25) is 5.88 Å². The number of benzene rings is 2. The van der Waals surface area contributed by atoms with Gasteiger partial charge in [0.05, 0.1) is 11.7 Å². The molecule has 3 aromatic rings. The summed E-state index contributed by atoms with van der Waals surface area (Å²) in [5.74, 6) is 0.301. The van der Waals surface area contributed by atoms with Crippen LogP contribution in [-0.2, 0) is 13.6 Å². The molecular formula is C26H32FN3O2. The molecule has 1 saturated carbocycles. The second kappa shape index (κ2) is 10.3. The number of rotatable bonds is 11. The Balaban J connectivity index is 1.68. The molecule has 32 heavy (non-hydrogen) atoms. The highest BCUT2D eigenvalue weighted by Gasteiger charge is 2.33. The highest BCUT2D eigenvalue weighted by atomic mass is 19.1. The quantitative estimate of drug-likeness (QED) is 0.428. The summed E-state index contributed by atoms with van der Waals surface area (Å²) in [5, 5.41) is 15.3. The normalized spacial score (nSPS) is 14.7. The van der Waals surface area contributed by atoms with E-state index in [4.69, 9.17) is 9.84 Å². The molecule has 1 aromatic heterocycles. The predicted octanol–water partition coefficient (Wildman–Crippen LogP) is 5.53. The molecule has 4 rings (SSSR count). The number of unbranched alkanes of at least 4 members (excludes halogenated alkanes) is 1. The van der Waals surface area contributed by atoms with Gasteiger partial charge in [-0.3, -0.25) is 4.90 Å². The van der Waals surface area contributed by atoms with E-state index in [0.717, 1.165) is 48.9 Å². The van der Waals surface area contributed by atoms with Crippen molar-refractivity contribution >= 4 is 0 Å². The van der Waals surface area contributed by atoms with Gasteiger partial charge in [-0.15, -0.1) is 0 Å². The maximum atomic E-state index is 14.4. The summed E-state index contributed by atoms with van der Waals surface area (Å²) in [6, 6.07) is 16.9. The SMILES string of the molecule is CCCC[C@@H](O)CN(Cc1c(-c2ccccc2)nn(C)c1Oc1ccccc1F)C1CC1. The fourth-order valence-electron chi connectivity index (χ4n) is 4.07. The van der Waals surface area contributed by atoms with E-state index >= 15 is 0 Å². The van der Waals surface area contributed by atoms with Crippen LogP contribution in [0.3, 0.4) is 0 Å². The third-order valence-corrected chi connectivity index (χ3v) is 5.94. The van der Waals surface area contributed by atoms with Gasteiger partial charge in [-0.05, 0) is 31.4 Å². The fourth-order valence-corrected chi connectivity index (χ4v) is 4.07. The topological polar surface area (TPSA) is 50.5 Å². The van der Waals surface area contributed by atoms with Crippen LogP contribution in [0.5, 0.6) is 11.6 Å². The summed E-state index contributed by atoms with van der Waals surface area (Å²) < 4.78 is 22.1. The van der Waals surface area contributed by atoms with E-state index < -0.39 is 5.82 Å². The zero-order valence-corrected chi connectivity index (χ0v) is 18.9. The summed E-state index contributed by atoms with van der Waals surface area (Å²) in [4.78, 5) is 2.33. The van der Waals surface area contributed by atoms with Crippen molar-refractivity contribution in [2.24, 2.45) is 7.05 Å². The van der Waals surface area contributed by atoms with Crippen LogP contribution in [0.2, 0.25) is 0 Å². The Hall–Kier alpha value is -2.70. The molecule has 0 radical (unpaired) electrons. The number of ether oxygens (including phenoxy) is 1. The number of halogens is 1. The number of aliphatic hydroxyl groups is 1. The minimum Gasteiger partial charge on any atom is -0.436 e. The van der Waals surface area contributed by atoms with E-state index in [1.807, 2.05) is 37.4 Å². The average Bonchev–Trinajstić information content (AvgIpc) is 3.60. The van der Waals surface area contributed by atoms with Gasteiger partial charge >= 0.3 is 0 Å². The van der Waals surface area contributed by atoms with Crippen LogP contribution in [0.15, 0.2) is 54.6 Å². The van der Waals surface area contributed by atoms with Crippen LogP contribution in [0, 0.1) is 5.82 Å². The summed E-state index contributed by atoms with van der Waals surface area (Å²) in [7, 11) is 1.82. The largest absolute Gasteiger partial charge is 0.436 e. The lowest BCUT2D eigenvalue weighted by atomic mass is 10.1. The number of nitrogens with zero attached hydrogens (tertiary/aromatic N) is 3. The Morgan fingerprint density at radius 2 is 1.88 bits per heavy atom. The highest BCUT2D eigenvalue weighted by Crippen LogP contribution is 2.37. The van der Waals surface area contributed by atoms with Gasteiger partial charge in [0, 0.05) is 31.7 Å². The van der Waals surface area contributed by atoms with Gasteiger partial charge < -0.3 is 9.84 Å². The smallest absolute Gasteiger partial charge is 0.222 e. The molecule has 0 saturated heterocycles. The molecule has 1 aliphatic carbocycles. The summed E-state index contributed by atoms with van der Waals surface area (Å²) >= 11 is 0. The first-order valence-electron chi connectivity index (χ1n) is 11.5. The summed E-state index contributed by atoms with van der Waals surface area (Å²) in [6.07, 6.45) is 4.79.